The van der Waals surface area contributed by atoms with Crippen molar-refractivity contribution in [2.45, 2.75) is 13.0 Å². The number of benzene rings is 2. The van der Waals surface area contributed by atoms with E-state index in [0.29, 0.717) is 19.6 Å². The molecule has 2 saturated heterocycles. The van der Waals surface area contributed by atoms with Gasteiger partial charge in [-0.3, -0.25) is 14.7 Å². The monoisotopic (exact) mass is 431 g/mol. The van der Waals surface area contributed by atoms with Crippen LogP contribution < -0.4 is 15.0 Å². The van der Waals surface area contributed by atoms with Crippen molar-refractivity contribution in [1.29, 1.82) is 0 Å². The summed E-state index contributed by atoms with van der Waals surface area (Å²) in [5.74, 6) is 0.762. The zero-order chi connectivity index (χ0) is 22.3. The van der Waals surface area contributed by atoms with Crippen molar-refractivity contribution in [2.75, 3.05) is 37.0 Å². The molecule has 1 unspecified atom stereocenters. The Labute approximate surface area is 186 Å². The smallest absolute Gasteiger partial charge is 0.250 e. The van der Waals surface area contributed by atoms with E-state index >= 15 is 0 Å². The van der Waals surface area contributed by atoms with Crippen LogP contribution in [0.5, 0.6) is 5.75 Å². The molecule has 8 nitrogen and oxygen atoms in total. The molecule has 3 heterocycles. The Balaban J connectivity index is 1.42. The number of hydrogen-bond donors (Lipinski definition) is 2. The first-order valence-corrected chi connectivity index (χ1v) is 10.6. The highest BCUT2D eigenvalue weighted by molar-refractivity contribution is 6.03. The van der Waals surface area contributed by atoms with Gasteiger partial charge in [0.15, 0.2) is 0 Å². The average molecular weight is 431 g/mol. The van der Waals surface area contributed by atoms with Crippen LogP contribution in [0, 0.1) is 5.41 Å². The van der Waals surface area contributed by atoms with E-state index in [0.717, 1.165) is 28.3 Å². The van der Waals surface area contributed by atoms with Gasteiger partial charge in [-0.1, -0.05) is 18.2 Å². The van der Waals surface area contributed by atoms with Crippen LogP contribution >= 0.6 is 0 Å². The number of ether oxygens (including phenoxy) is 1. The summed E-state index contributed by atoms with van der Waals surface area (Å²) in [4.78, 5) is 29.1. The lowest BCUT2D eigenvalue weighted by Crippen LogP contribution is -2.65. The summed E-state index contributed by atoms with van der Waals surface area (Å²) in [6.45, 7) is 3.24. The minimum atomic E-state index is -0.432. The standard InChI is InChI=1S/C24H25N5O3/c1-16(30)28-13-24(14-28)15-29(20-8-6-17(7-9-20)18-11-25-26-12-18)23(31)22(24)27-19-4-3-5-21(10-19)32-2/h3-12,22,27H,13-15H2,1-2H3,(H,25,26). The number of amides is 2. The van der Waals surface area contributed by atoms with Crippen molar-refractivity contribution in [2.24, 2.45) is 5.41 Å². The van der Waals surface area contributed by atoms with E-state index in [1.807, 2.05) is 59.6 Å². The van der Waals surface area contributed by atoms with E-state index in [2.05, 4.69) is 15.5 Å². The Morgan fingerprint density at radius 2 is 1.94 bits per heavy atom. The Morgan fingerprint density at radius 3 is 2.59 bits per heavy atom. The molecule has 0 aliphatic carbocycles. The highest BCUT2D eigenvalue weighted by Crippen LogP contribution is 2.44. The van der Waals surface area contributed by atoms with Gasteiger partial charge >= 0.3 is 0 Å². The number of carbonyl (C=O) groups is 2. The van der Waals surface area contributed by atoms with Crippen LogP contribution in [0.3, 0.4) is 0 Å². The lowest BCUT2D eigenvalue weighted by atomic mass is 9.75. The van der Waals surface area contributed by atoms with Gasteiger partial charge in [0.05, 0.1) is 18.7 Å². The summed E-state index contributed by atoms with van der Waals surface area (Å²) in [5.41, 5.74) is 3.35. The summed E-state index contributed by atoms with van der Waals surface area (Å²) in [7, 11) is 1.62. The minimum absolute atomic E-state index is 0.00656. The molecule has 8 heteroatoms. The van der Waals surface area contributed by atoms with Crippen molar-refractivity contribution in [3.63, 3.8) is 0 Å². The van der Waals surface area contributed by atoms with E-state index in [4.69, 9.17) is 4.74 Å². The third-order valence-electron chi connectivity index (χ3n) is 6.45. The maximum atomic E-state index is 13.6. The maximum Gasteiger partial charge on any atom is 0.250 e. The van der Waals surface area contributed by atoms with Gasteiger partial charge in [0.2, 0.25) is 11.8 Å². The summed E-state index contributed by atoms with van der Waals surface area (Å²) in [6.07, 6.45) is 3.60. The van der Waals surface area contributed by atoms with Gasteiger partial charge in [0.1, 0.15) is 11.8 Å². The van der Waals surface area contributed by atoms with Crippen LogP contribution in [0.25, 0.3) is 11.1 Å². The molecule has 0 radical (unpaired) electrons. The predicted molar refractivity (Wildman–Crippen MR) is 121 cm³/mol. The molecule has 164 valence electrons. The first-order valence-electron chi connectivity index (χ1n) is 10.6. The quantitative estimate of drug-likeness (QED) is 0.648. The number of carbonyl (C=O) groups excluding carboxylic acids is 2. The minimum Gasteiger partial charge on any atom is -0.497 e. The second-order valence-electron chi connectivity index (χ2n) is 8.50. The predicted octanol–water partition coefficient (Wildman–Crippen LogP) is 2.76. The zero-order valence-electron chi connectivity index (χ0n) is 18.0. The number of H-pyrrole nitrogens is 1. The number of rotatable bonds is 5. The average Bonchev–Trinajstić information content (AvgIpc) is 3.41. The SMILES string of the molecule is COc1cccc(NC2C(=O)N(c3ccc(-c4cn[nH]c4)cc3)CC23CN(C(C)=O)C3)c1. The second-order valence-corrected chi connectivity index (χ2v) is 8.50. The van der Waals surface area contributed by atoms with Gasteiger partial charge in [0, 0.05) is 55.8 Å². The Bertz CT molecular complexity index is 1140. The first kappa shape index (κ1) is 20.1. The molecule has 1 aromatic heterocycles. The third kappa shape index (κ3) is 3.37. The van der Waals surface area contributed by atoms with Crippen molar-refractivity contribution in [3.05, 3.63) is 60.9 Å². The molecule has 2 amide bonds. The maximum absolute atomic E-state index is 13.6. The number of aromatic amines is 1. The summed E-state index contributed by atoms with van der Waals surface area (Å²) < 4.78 is 5.32. The summed E-state index contributed by atoms with van der Waals surface area (Å²) in [6, 6.07) is 15.0. The first-order chi connectivity index (χ1) is 15.5. The molecule has 3 aromatic rings. The molecule has 2 aromatic carbocycles. The summed E-state index contributed by atoms with van der Waals surface area (Å²) >= 11 is 0. The van der Waals surface area contributed by atoms with Crippen LogP contribution in [0.2, 0.25) is 0 Å². The van der Waals surface area contributed by atoms with Crippen LogP contribution in [0.1, 0.15) is 6.92 Å². The second kappa shape index (κ2) is 7.71. The van der Waals surface area contributed by atoms with Crippen molar-refractivity contribution in [1.82, 2.24) is 15.1 Å². The molecular formula is C24H25N5O3. The molecule has 0 saturated carbocycles. The number of likely N-dealkylation sites (tertiary alicyclic amines) is 1. The number of nitrogens with one attached hydrogen (secondary N) is 2. The number of methoxy groups -OCH3 is 1. The van der Waals surface area contributed by atoms with Crippen molar-refractivity contribution < 1.29 is 14.3 Å². The Kier molecular flexibility index (Phi) is 4.84. The number of hydrogen-bond acceptors (Lipinski definition) is 5. The molecule has 2 N–H and O–H groups in total. The van der Waals surface area contributed by atoms with E-state index in [9.17, 15) is 9.59 Å². The largest absolute Gasteiger partial charge is 0.497 e. The van der Waals surface area contributed by atoms with Gasteiger partial charge < -0.3 is 19.9 Å². The Morgan fingerprint density at radius 1 is 1.16 bits per heavy atom. The van der Waals surface area contributed by atoms with Crippen LogP contribution in [-0.2, 0) is 9.59 Å². The molecule has 1 atom stereocenters. The zero-order valence-corrected chi connectivity index (χ0v) is 18.0. The Hall–Kier alpha value is -3.81. The van der Waals surface area contributed by atoms with Crippen LogP contribution in [0.4, 0.5) is 11.4 Å². The van der Waals surface area contributed by atoms with Gasteiger partial charge in [-0.25, -0.2) is 0 Å². The van der Waals surface area contributed by atoms with Crippen molar-refractivity contribution >= 4 is 23.2 Å². The fourth-order valence-electron chi connectivity index (χ4n) is 4.68. The topological polar surface area (TPSA) is 90.6 Å². The van der Waals surface area contributed by atoms with Gasteiger partial charge in [-0.15, -0.1) is 0 Å². The lowest BCUT2D eigenvalue weighted by molar-refractivity contribution is -0.141. The van der Waals surface area contributed by atoms with Gasteiger partial charge in [0.25, 0.3) is 0 Å². The molecule has 32 heavy (non-hydrogen) atoms. The number of aromatic nitrogens is 2. The summed E-state index contributed by atoms with van der Waals surface area (Å²) in [5, 5.41) is 10.2. The fourth-order valence-corrected chi connectivity index (χ4v) is 4.68. The number of nitrogens with zero attached hydrogens (tertiary/aromatic N) is 3. The fraction of sp³-hybridized carbons (Fsp3) is 0.292. The molecular weight excluding hydrogens is 406 g/mol. The molecule has 0 bridgehead atoms. The van der Waals surface area contributed by atoms with Crippen LogP contribution in [-0.4, -0.2) is 59.7 Å². The number of anilines is 2. The van der Waals surface area contributed by atoms with E-state index < -0.39 is 6.04 Å². The molecule has 2 aliphatic rings. The lowest BCUT2D eigenvalue weighted by Gasteiger charge is -2.49. The molecule has 2 fully saturated rings. The molecule has 2 aliphatic heterocycles. The highest BCUT2D eigenvalue weighted by atomic mass is 16.5. The van der Waals surface area contributed by atoms with Crippen molar-refractivity contribution in [3.8, 4) is 16.9 Å². The highest BCUT2D eigenvalue weighted by Gasteiger charge is 2.59. The van der Waals surface area contributed by atoms with E-state index in [1.54, 1.807) is 25.1 Å². The third-order valence-corrected chi connectivity index (χ3v) is 6.45. The molecule has 5 rings (SSSR count). The van der Waals surface area contributed by atoms with Crippen LogP contribution in [0.15, 0.2) is 60.9 Å². The van der Waals surface area contributed by atoms with E-state index in [-0.39, 0.29) is 17.2 Å². The van der Waals surface area contributed by atoms with E-state index in [1.165, 1.54) is 0 Å². The normalized spacial score (nSPS) is 19.2. The molecule has 1 spiro atoms. The van der Waals surface area contributed by atoms with Gasteiger partial charge in [-0.2, -0.15) is 5.10 Å². The van der Waals surface area contributed by atoms with Gasteiger partial charge in [-0.05, 0) is 29.8 Å².